The number of fused-ring (bicyclic) bond motifs is 1. The Hall–Kier alpha value is -2.84. The first-order valence-electron chi connectivity index (χ1n) is 9.03. The van der Waals surface area contributed by atoms with Crippen molar-refractivity contribution in [2.45, 2.75) is 26.9 Å². The number of aliphatic hydroxyl groups is 1. The van der Waals surface area contributed by atoms with Crippen LogP contribution in [0.4, 0.5) is 5.82 Å². The van der Waals surface area contributed by atoms with Crippen molar-refractivity contribution in [1.29, 1.82) is 0 Å². The maximum absolute atomic E-state index is 9.49. The standard InChI is InChI=1S/C20H26N4O4/c1-12-13(2)28-20-18(12)19(21)22-17(23-20)11-24(7-8-25)10-14-5-6-15(26-3)9-16(14)27-4/h5-6,9,25H,7-8,10-11H2,1-4H3,(H2,21,22,23). The molecular weight excluding hydrogens is 360 g/mol. The smallest absolute Gasteiger partial charge is 0.231 e. The van der Waals surface area contributed by atoms with Crippen molar-refractivity contribution in [3.05, 3.63) is 40.9 Å². The van der Waals surface area contributed by atoms with E-state index in [1.165, 1.54) is 0 Å². The Morgan fingerprint density at radius 1 is 1.14 bits per heavy atom. The predicted octanol–water partition coefficient (Wildman–Crippen LogP) is 2.43. The summed E-state index contributed by atoms with van der Waals surface area (Å²) in [7, 11) is 3.23. The quantitative estimate of drug-likeness (QED) is 0.608. The number of nitrogens with two attached hydrogens (primary N) is 1. The summed E-state index contributed by atoms with van der Waals surface area (Å²) in [6.07, 6.45) is 0. The molecule has 3 N–H and O–H groups in total. The van der Waals surface area contributed by atoms with E-state index in [2.05, 4.69) is 9.97 Å². The van der Waals surface area contributed by atoms with Gasteiger partial charge in [0.05, 0.1) is 32.8 Å². The minimum absolute atomic E-state index is 0.00909. The number of furan rings is 1. The molecule has 0 fully saturated rings. The summed E-state index contributed by atoms with van der Waals surface area (Å²) in [6, 6.07) is 5.66. The largest absolute Gasteiger partial charge is 0.497 e. The van der Waals surface area contributed by atoms with Crippen LogP contribution in [0.15, 0.2) is 22.6 Å². The summed E-state index contributed by atoms with van der Waals surface area (Å²) in [6.45, 7) is 5.24. The Kier molecular flexibility index (Phi) is 6.01. The molecule has 0 unspecified atom stereocenters. The molecular formula is C20H26N4O4. The van der Waals surface area contributed by atoms with Crippen molar-refractivity contribution < 1.29 is 19.0 Å². The van der Waals surface area contributed by atoms with Crippen LogP contribution in [0.5, 0.6) is 11.5 Å². The van der Waals surface area contributed by atoms with E-state index in [0.29, 0.717) is 37.0 Å². The van der Waals surface area contributed by atoms with Crippen molar-refractivity contribution in [2.75, 3.05) is 33.1 Å². The third kappa shape index (κ3) is 4.02. The Bertz CT molecular complexity index is 970. The van der Waals surface area contributed by atoms with Gasteiger partial charge in [-0.15, -0.1) is 0 Å². The molecule has 0 saturated heterocycles. The Balaban J connectivity index is 1.86. The van der Waals surface area contributed by atoms with Crippen LogP contribution in [0.3, 0.4) is 0 Å². The highest BCUT2D eigenvalue weighted by atomic mass is 16.5. The summed E-state index contributed by atoms with van der Waals surface area (Å²) in [5, 5.41) is 10.2. The third-order valence-corrected chi connectivity index (χ3v) is 4.77. The molecule has 0 atom stereocenters. The third-order valence-electron chi connectivity index (χ3n) is 4.77. The molecule has 3 rings (SSSR count). The summed E-state index contributed by atoms with van der Waals surface area (Å²) < 4.78 is 16.4. The van der Waals surface area contributed by atoms with Gasteiger partial charge in [0, 0.05) is 30.3 Å². The molecule has 150 valence electrons. The lowest BCUT2D eigenvalue weighted by atomic mass is 10.1. The van der Waals surface area contributed by atoms with E-state index in [9.17, 15) is 5.11 Å². The van der Waals surface area contributed by atoms with Crippen LogP contribution in [0.25, 0.3) is 11.1 Å². The molecule has 8 nitrogen and oxygen atoms in total. The maximum atomic E-state index is 9.49. The van der Waals surface area contributed by atoms with E-state index in [0.717, 1.165) is 33.8 Å². The second-order valence-corrected chi connectivity index (χ2v) is 6.60. The number of ether oxygens (including phenoxy) is 2. The molecule has 0 aliphatic heterocycles. The summed E-state index contributed by atoms with van der Waals surface area (Å²) in [4.78, 5) is 11.0. The van der Waals surface area contributed by atoms with Crippen LogP contribution in [0.1, 0.15) is 22.7 Å². The molecule has 0 saturated carbocycles. The molecule has 0 spiro atoms. The van der Waals surface area contributed by atoms with Crippen LogP contribution < -0.4 is 15.2 Å². The summed E-state index contributed by atoms with van der Waals surface area (Å²) in [5.41, 5.74) is 8.55. The number of hydrogen-bond donors (Lipinski definition) is 2. The first kappa shape index (κ1) is 19.9. The van der Waals surface area contributed by atoms with E-state index in [1.54, 1.807) is 14.2 Å². The van der Waals surface area contributed by atoms with Gasteiger partial charge < -0.3 is 24.7 Å². The Labute approximate surface area is 163 Å². The van der Waals surface area contributed by atoms with Crippen LogP contribution in [-0.2, 0) is 13.1 Å². The van der Waals surface area contributed by atoms with Gasteiger partial charge in [0.15, 0.2) is 0 Å². The van der Waals surface area contributed by atoms with Gasteiger partial charge in [0.1, 0.15) is 28.9 Å². The predicted molar refractivity (Wildman–Crippen MR) is 106 cm³/mol. The second-order valence-electron chi connectivity index (χ2n) is 6.60. The number of hydrogen-bond acceptors (Lipinski definition) is 8. The molecule has 0 aliphatic rings. The normalized spacial score (nSPS) is 11.4. The number of rotatable bonds is 8. The minimum Gasteiger partial charge on any atom is -0.497 e. The SMILES string of the molecule is COc1ccc(CN(CCO)Cc2nc(N)c3c(C)c(C)oc3n2)c(OC)c1. The molecule has 1 aromatic carbocycles. The monoisotopic (exact) mass is 386 g/mol. The van der Waals surface area contributed by atoms with Gasteiger partial charge in [-0.3, -0.25) is 4.90 Å². The van der Waals surface area contributed by atoms with E-state index in [1.807, 2.05) is 36.9 Å². The average Bonchev–Trinajstić information content (AvgIpc) is 2.96. The second kappa shape index (κ2) is 8.45. The topological polar surface area (TPSA) is 107 Å². The maximum Gasteiger partial charge on any atom is 0.231 e. The first-order valence-corrected chi connectivity index (χ1v) is 9.03. The fourth-order valence-corrected chi connectivity index (χ4v) is 3.18. The molecule has 28 heavy (non-hydrogen) atoms. The zero-order chi connectivity index (χ0) is 20.3. The number of nitrogens with zero attached hydrogens (tertiary/aromatic N) is 3. The van der Waals surface area contributed by atoms with E-state index in [4.69, 9.17) is 19.6 Å². The first-order chi connectivity index (χ1) is 13.5. The van der Waals surface area contributed by atoms with Crippen LogP contribution >= 0.6 is 0 Å². The number of aliphatic hydroxyl groups excluding tert-OH is 1. The lowest BCUT2D eigenvalue weighted by Gasteiger charge is -2.22. The highest BCUT2D eigenvalue weighted by Gasteiger charge is 2.17. The molecule has 0 amide bonds. The van der Waals surface area contributed by atoms with Gasteiger partial charge in [-0.1, -0.05) is 6.07 Å². The van der Waals surface area contributed by atoms with Gasteiger partial charge in [-0.25, -0.2) is 4.98 Å². The van der Waals surface area contributed by atoms with Gasteiger partial charge in [-0.2, -0.15) is 4.98 Å². The zero-order valence-corrected chi connectivity index (χ0v) is 16.7. The van der Waals surface area contributed by atoms with Crippen LogP contribution in [-0.4, -0.2) is 47.3 Å². The number of methoxy groups -OCH3 is 2. The Morgan fingerprint density at radius 3 is 2.61 bits per heavy atom. The van der Waals surface area contributed by atoms with E-state index < -0.39 is 0 Å². The van der Waals surface area contributed by atoms with E-state index >= 15 is 0 Å². The molecule has 8 heteroatoms. The van der Waals surface area contributed by atoms with Crippen molar-refractivity contribution in [2.24, 2.45) is 0 Å². The van der Waals surface area contributed by atoms with Crippen LogP contribution in [0, 0.1) is 13.8 Å². The highest BCUT2D eigenvalue weighted by Crippen LogP contribution is 2.28. The van der Waals surface area contributed by atoms with Gasteiger partial charge >= 0.3 is 0 Å². The Morgan fingerprint density at radius 2 is 1.93 bits per heavy atom. The molecule has 0 aliphatic carbocycles. The van der Waals surface area contributed by atoms with Crippen molar-refractivity contribution in [1.82, 2.24) is 14.9 Å². The average molecular weight is 386 g/mol. The highest BCUT2D eigenvalue weighted by molar-refractivity contribution is 5.88. The zero-order valence-electron chi connectivity index (χ0n) is 16.7. The molecule has 0 bridgehead atoms. The van der Waals surface area contributed by atoms with Crippen molar-refractivity contribution in [3.8, 4) is 11.5 Å². The van der Waals surface area contributed by atoms with Gasteiger partial charge in [-0.05, 0) is 19.9 Å². The van der Waals surface area contributed by atoms with Gasteiger partial charge in [0.2, 0.25) is 5.71 Å². The fraction of sp³-hybridized carbons (Fsp3) is 0.400. The number of nitrogen functional groups attached to an aromatic ring is 1. The van der Waals surface area contributed by atoms with Crippen molar-refractivity contribution >= 4 is 16.9 Å². The molecule has 2 heterocycles. The minimum atomic E-state index is 0.00909. The lowest BCUT2D eigenvalue weighted by molar-refractivity contribution is 0.180. The van der Waals surface area contributed by atoms with E-state index in [-0.39, 0.29) is 6.61 Å². The van der Waals surface area contributed by atoms with Crippen LogP contribution in [0.2, 0.25) is 0 Å². The van der Waals surface area contributed by atoms with Crippen molar-refractivity contribution in [3.63, 3.8) is 0 Å². The van der Waals surface area contributed by atoms with Gasteiger partial charge in [0.25, 0.3) is 0 Å². The summed E-state index contributed by atoms with van der Waals surface area (Å²) >= 11 is 0. The number of anilines is 1. The fourth-order valence-electron chi connectivity index (χ4n) is 3.18. The molecule has 2 aromatic heterocycles. The summed E-state index contributed by atoms with van der Waals surface area (Å²) in [5.74, 6) is 3.17. The number of aromatic nitrogens is 2. The molecule has 0 radical (unpaired) electrons. The lowest BCUT2D eigenvalue weighted by Crippen LogP contribution is -2.27. The molecule has 3 aromatic rings. The number of aryl methyl sites for hydroxylation is 2. The number of benzene rings is 1.